The number of ether oxygens (including phenoxy) is 2. The fourth-order valence-electron chi connectivity index (χ4n) is 7.32. The molecule has 0 bridgehead atoms. The Morgan fingerprint density at radius 2 is 1.59 bits per heavy atom. The molecule has 64 heavy (non-hydrogen) atoms. The third-order valence-corrected chi connectivity index (χ3v) is 12.3. The first kappa shape index (κ1) is 50.1. The van der Waals surface area contributed by atoms with Crippen LogP contribution in [0.15, 0.2) is 60.4 Å². The van der Waals surface area contributed by atoms with Gasteiger partial charge in [0.2, 0.25) is 17.7 Å². The van der Waals surface area contributed by atoms with E-state index in [9.17, 15) is 33.1 Å². The Morgan fingerprint density at radius 3 is 2.22 bits per heavy atom. The Balaban J connectivity index is 0.992. The van der Waals surface area contributed by atoms with E-state index in [1.54, 1.807) is 16.8 Å². The fourth-order valence-corrected chi connectivity index (χ4v) is 8.59. The number of aliphatic hydroxyl groups is 1. The molecule has 2 aromatic heterocycles. The second-order valence-corrected chi connectivity index (χ2v) is 18.5. The molecule has 4 amide bonds. The van der Waals surface area contributed by atoms with Crippen molar-refractivity contribution in [3.8, 4) is 21.9 Å². The molecule has 1 aliphatic rings. The number of thiazole rings is 1. The summed E-state index contributed by atoms with van der Waals surface area (Å²) in [5.41, 5.74) is 4.34. The molecule has 18 heteroatoms. The Labute approximate surface area is 386 Å². The smallest absolute Gasteiger partial charge is 0.387 e. The highest BCUT2D eigenvalue weighted by atomic mass is 35.5. The normalized spacial score (nSPS) is 15.5. The van der Waals surface area contributed by atoms with Gasteiger partial charge in [0.15, 0.2) is 11.5 Å². The molecule has 13 nitrogen and oxygen atoms in total. The van der Waals surface area contributed by atoms with Crippen molar-refractivity contribution in [2.75, 3.05) is 18.5 Å². The Bertz CT molecular complexity index is 2190. The number of halogens is 4. The number of hydrogen-bond donors (Lipinski definition) is 4. The van der Waals surface area contributed by atoms with E-state index in [0.717, 1.165) is 60.2 Å². The molecule has 1 saturated heterocycles. The summed E-state index contributed by atoms with van der Waals surface area (Å²) >= 11 is 13.8. The van der Waals surface area contributed by atoms with E-state index < -0.39 is 42.0 Å². The lowest BCUT2D eigenvalue weighted by molar-refractivity contribution is -0.144. The van der Waals surface area contributed by atoms with E-state index in [4.69, 9.17) is 27.9 Å². The van der Waals surface area contributed by atoms with Gasteiger partial charge in [0.25, 0.3) is 5.91 Å². The van der Waals surface area contributed by atoms with Gasteiger partial charge in [-0.05, 0) is 54.5 Å². The van der Waals surface area contributed by atoms with E-state index in [0.29, 0.717) is 12.8 Å². The van der Waals surface area contributed by atoms with Crippen LogP contribution in [0, 0.1) is 12.3 Å². The van der Waals surface area contributed by atoms with Gasteiger partial charge in [-0.3, -0.25) is 24.2 Å². The summed E-state index contributed by atoms with van der Waals surface area (Å²) in [5, 5.41) is 19.3. The summed E-state index contributed by atoms with van der Waals surface area (Å²) in [7, 11) is 0. The van der Waals surface area contributed by atoms with Crippen LogP contribution in [0.25, 0.3) is 10.4 Å². The number of nitrogens with one attached hydrogen (secondary N) is 3. The number of alkyl halides is 2. The number of nitrogens with zero attached hydrogens (tertiary/aromatic N) is 3. The van der Waals surface area contributed by atoms with Gasteiger partial charge in [-0.15, -0.1) is 11.3 Å². The number of carbonyl (C=O) groups is 4. The van der Waals surface area contributed by atoms with Crippen molar-refractivity contribution >= 4 is 63.9 Å². The highest BCUT2D eigenvalue weighted by Gasteiger charge is 2.44. The lowest BCUT2D eigenvalue weighted by Crippen LogP contribution is -2.57. The lowest BCUT2D eigenvalue weighted by Gasteiger charge is -2.35. The van der Waals surface area contributed by atoms with E-state index in [2.05, 4.69) is 30.7 Å². The summed E-state index contributed by atoms with van der Waals surface area (Å²) in [5.74, 6) is -1.79. The third kappa shape index (κ3) is 14.6. The SMILES string of the molecule is Cc1ncsc1-c1ccc(CNC(=O)[C@@H]2C[C@@H](O)CN2C(=O)C(NC(=O)CCCCCCCCCCOc2cc(C(=O)Nc3c(Cl)cncc3Cl)ccc2OC(F)F)C(C)(C)C)cc1. The second kappa shape index (κ2) is 23.9. The lowest BCUT2D eigenvalue weighted by atomic mass is 9.85. The van der Waals surface area contributed by atoms with Gasteiger partial charge in [-0.25, -0.2) is 4.98 Å². The van der Waals surface area contributed by atoms with Crippen molar-refractivity contribution in [2.24, 2.45) is 5.41 Å². The maximum absolute atomic E-state index is 14.0. The average Bonchev–Trinajstić information content (AvgIpc) is 3.87. The Kier molecular flexibility index (Phi) is 18.7. The molecule has 1 unspecified atom stereocenters. The summed E-state index contributed by atoms with van der Waals surface area (Å²) < 4.78 is 36.5. The van der Waals surface area contributed by atoms with Crippen LogP contribution in [0.3, 0.4) is 0 Å². The minimum atomic E-state index is -3.08. The summed E-state index contributed by atoms with van der Waals surface area (Å²) in [4.78, 5) is 64.1. The standard InChI is InChI=1S/C46H56Cl2F2N6O7S/c1-28-40(64-27-53-28)30-16-14-29(15-17-30)23-52-43(60)35-22-32(57)26-56(35)44(61)41(46(2,3)4)54-38(58)13-11-9-7-5-6-8-10-12-20-62-37-21-31(18-19-36(37)63-45(49)50)42(59)55-39-33(47)24-51-25-34(39)48/h14-19,21,24-25,27,32,35,41,45,57H,5-13,20,22-23,26H2,1-4H3,(H,52,60)(H,54,58)(H,51,55,59)/t32-,35+,41?/m1/s1. The van der Waals surface area contributed by atoms with Crippen molar-refractivity contribution in [3.05, 3.63) is 87.2 Å². The molecule has 0 saturated carbocycles. The highest BCUT2D eigenvalue weighted by Crippen LogP contribution is 2.33. The zero-order chi connectivity index (χ0) is 46.4. The van der Waals surface area contributed by atoms with Gasteiger partial charge in [0.1, 0.15) is 12.1 Å². The molecule has 5 rings (SSSR count). The van der Waals surface area contributed by atoms with Gasteiger partial charge in [0, 0.05) is 43.9 Å². The summed E-state index contributed by atoms with van der Waals surface area (Å²) in [6.07, 6.45) is 8.84. The molecule has 0 spiro atoms. The van der Waals surface area contributed by atoms with Crippen molar-refractivity contribution < 1.29 is 42.5 Å². The maximum atomic E-state index is 14.0. The van der Waals surface area contributed by atoms with E-state index in [1.807, 2.05) is 52.0 Å². The molecular formula is C46H56Cl2F2N6O7S. The number of amides is 4. The van der Waals surface area contributed by atoms with Crippen molar-refractivity contribution in [1.29, 1.82) is 0 Å². The average molecular weight is 946 g/mol. The fraction of sp³-hybridized carbons (Fsp3) is 0.478. The number of rotatable bonds is 22. The van der Waals surface area contributed by atoms with Gasteiger partial charge >= 0.3 is 6.61 Å². The highest BCUT2D eigenvalue weighted by molar-refractivity contribution is 7.13. The van der Waals surface area contributed by atoms with Gasteiger partial charge in [0.05, 0.1) is 44.5 Å². The van der Waals surface area contributed by atoms with Crippen molar-refractivity contribution in [3.63, 3.8) is 0 Å². The molecular weight excluding hydrogens is 890 g/mol. The van der Waals surface area contributed by atoms with Crippen LogP contribution in [-0.2, 0) is 20.9 Å². The zero-order valence-corrected chi connectivity index (χ0v) is 38.8. The summed E-state index contributed by atoms with van der Waals surface area (Å²) in [6.45, 7) is 4.94. The number of aliphatic hydroxyl groups excluding tert-OH is 1. The molecule has 1 aliphatic heterocycles. The predicted octanol–water partition coefficient (Wildman–Crippen LogP) is 9.37. The maximum Gasteiger partial charge on any atom is 0.387 e. The van der Waals surface area contributed by atoms with Gasteiger partial charge in [-0.2, -0.15) is 8.78 Å². The third-order valence-electron chi connectivity index (χ3n) is 10.8. The van der Waals surface area contributed by atoms with E-state index in [-0.39, 0.29) is 77.1 Å². The molecule has 0 radical (unpaired) electrons. The van der Waals surface area contributed by atoms with E-state index >= 15 is 0 Å². The Morgan fingerprint density at radius 1 is 0.938 bits per heavy atom. The first-order valence-corrected chi connectivity index (χ1v) is 23.0. The second-order valence-electron chi connectivity index (χ2n) is 16.8. The van der Waals surface area contributed by atoms with Gasteiger partial charge < -0.3 is 35.4 Å². The molecule has 4 N–H and O–H groups in total. The van der Waals surface area contributed by atoms with Crippen LogP contribution in [0.2, 0.25) is 10.0 Å². The first-order chi connectivity index (χ1) is 30.5. The van der Waals surface area contributed by atoms with Crippen LogP contribution in [0.1, 0.15) is 107 Å². The summed E-state index contributed by atoms with van der Waals surface area (Å²) in [6, 6.07) is 9.99. The molecule has 0 aliphatic carbocycles. The quantitative estimate of drug-likeness (QED) is 0.0561. The Hall–Kier alpha value is -4.90. The number of aromatic nitrogens is 2. The van der Waals surface area contributed by atoms with Crippen LogP contribution in [-0.4, -0.2) is 81.6 Å². The minimum absolute atomic E-state index is 0.000593. The van der Waals surface area contributed by atoms with E-state index in [1.165, 1.54) is 35.5 Å². The van der Waals surface area contributed by atoms with Gasteiger partial charge in [-0.1, -0.05) is 107 Å². The number of carbonyl (C=O) groups excluding carboxylic acids is 4. The number of aryl methyl sites for hydroxylation is 1. The number of hydrogen-bond acceptors (Lipinski definition) is 10. The van der Waals surface area contributed by atoms with Crippen molar-refractivity contribution in [2.45, 2.75) is 123 Å². The molecule has 1 fully saturated rings. The number of β-amino-alcohol motifs (C(OH)–C–C–N with tert-alkyl or cyclic N) is 1. The number of benzene rings is 2. The predicted molar refractivity (Wildman–Crippen MR) is 244 cm³/mol. The molecule has 2 aromatic carbocycles. The first-order valence-electron chi connectivity index (χ1n) is 21.4. The number of anilines is 1. The molecule has 4 aromatic rings. The zero-order valence-electron chi connectivity index (χ0n) is 36.4. The number of likely N-dealkylation sites (tertiary alicyclic amines) is 1. The number of unbranched alkanes of at least 4 members (excludes halogenated alkanes) is 7. The van der Waals surface area contributed by atoms with Crippen LogP contribution in [0.4, 0.5) is 14.5 Å². The number of pyridine rings is 1. The van der Waals surface area contributed by atoms with Crippen molar-refractivity contribution in [1.82, 2.24) is 25.5 Å². The molecule has 3 heterocycles. The largest absolute Gasteiger partial charge is 0.490 e. The van der Waals surface area contributed by atoms with Crippen LogP contribution in [0.5, 0.6) is 11.5 Å². The molecule has 346 valence electrons. The molecule has 3 atom stereocenters. The monoisotopic (exact) mass is 944 g/mol. The minimum Gasteiger partial charge on any atom is -0.490 e. The van der Waals surface area contributed by atoms with Crippen LogP contribution < -0.4 is 25.4 Å². The van der Waals surface area contributed by atoms with Crippen LogP contribution >= 0.6 is 34.5 Å². The topological polar surface area (TPSA) is 172 Å².